The van der Waals surface area contributed by atoms with Gasteiger partial charge in [0.2, 0.25) is 0 Å². The van der Waals surface area contributed by atoms with Crippen LogP contribution in [-0.2, 0) is 0 Å². The van der Waals surface area contributed by atoms with Gasteiger partial charge in [0.25, 0.3) is 0 Å². The zero-order chi connectivity index (χ0) is 8.55. The molecule has 0 spiro atoms. The second-order valence-electron chi connectivity index (χ2n) is 2.77. The molecule has 0 fully saturated rings. The molecule has 0 unspecified atom stereocenters. The number of halogens is 1. The summed E-state index contributed by atoms with van der Waals surface area (Å²) < 4.78 is 2.16. The van der Waals surface area contributed by atoms with E-state index in [9.17, 15) is 0 Å². The van der Waals surface area contributed by atoms with Gasteiger partial charge in [-0.2, -0.15) is 0 Å². The standard InChI is InChI=1S/C9H8INS/c1-7-2-3-9-8(6-7)4-5-11(9)12-10/h2-6H,1H3. The lowest BCUT2D eigenvalue weighted by molar-refractivity contribution is 1.36. The number of aryl methyl sites for hydroxylation is 1. The Balaban J connectivity index is 2.73. The summed E-state index contributed by atoms with van der Waals surface area (Å²) in [5.74, 6) is 0. The summed E-state index contributed by atoms with van der Waals surface area (Å²) in [5.41, 5.74) is 2.61. The number of aromatic nitrogens is 1. The number of nitrogens with zero attached hydrogens (tertiary/aromatic N) is 1. The van der Waals surface area contributed by atoms with E-state index in [0.29, 0.717) is 0 Å². The van der Waals surface area contributed by atoms with E-state index in [1.165, 1.54) is 16.5 Å². The second-order valence-corrected chi connectivity index (χ2v) is 4.49. The lowest BCUT2D eigenvalue weighted by atomic mass is 10.2. The zero-order valence-corrected chi connectivity index (χ0v) is 9.59. The van der Waals surface area contributed by atoms with E-state index in [1.807, 2.05) is 0 Å². The van der Waals surface area contributed by atoms with E-state index in [4.69, 9.17) is 0 Å². The smallest absolute Gasteiger partial charge is 0.0598 e. The number of hydrogen-bond donors (Lipinski definition) is 0. The van der Waals surface area contributed by atoms with Crippen LogP contribution in [0.2, 0.25) is 0 Å². The van der Waals surface area contributed by atoms with Gasteiger partial charge < -0.3 is 0 Å². The van der Waals surface area contributed by atoms with E-state index < -0.39 is 0 Å². The van der Waals surface area contributed by atoms with Gasteiger partial charge in [-0.25, -0.2) is 0 Å². The maximum atomic E-state index is 2.29. The Hall–Kier alpha value is -0.160. The lowest BCUT2D eigenvalue weighted by Crippen LogP contribution is -1.78. The first-order valence-electron chi connectivity index (χ1n) is 3.68. The summed E-state index contributed by atoms with van der Waals surface area (Å²) in [6.45, 7) is 2.12. The fraction of sp³-hybridized carbons (Fsp3) is 0.111. The minimum absolute atomic E-state index is 1.29. The molecule has 0 aliphatic carbocycles. The van der Waals surface area contributed by atoms with Crippen molar-refractivity contribution in [1.29, 1.82) is 0 Å². The molecule has 0 N–H and O–H groups in total. The third-order valence-corrected chi connectivity index (χ3v) is 3.62. The number of hydrogen-bond acceptors (Lipinski definition) is 1. The fourth-order valence-corrected chi connectivity index (χ4v) is 2.67. The predicted octanol–water partition coefficient (Wildman–Crippen LogP) is 3.80. The molecule has 12 heavy (non-hydrogen) atoms. The maximum absolute atomic E-state index is 2.29. The molecule has 0 saturated carbocycles. The molecule has 0 aliphatic rings. The highest BCUT2D eigenvalue weighted by Gasteiger charge is 1.98. The van der Waals surface area contributed by atoms with Crippen LogP contribution < -0.4 is 0 Å². The van der Waals surface area contributed by atoms with Crippen LogP contribution in [-0.4, -0.2) is 3.97 Å². The number of rotatable bonds is 1. The van der Waals surface area contributed by atoms with Gasteiger partial charge in [-0.3, -0.25) is 3.97 Å². The Morgan fingerprint density at radius 3 is 2.92 bits per heavy atom. The third-order valence-electron chi connectivity index (χ3n) is 1.88. The first kappa shape index (κ1) is 8.44. The minimum atomic E-state index is 1.29. The molecule has 62 valence electrons. The molecule has 1 nitrogen and oxygen atoms in total. The molecular formula is C9H8INS. The minimum Gasteiger partial charge on any atom is -0.283 e. The van der Waals surface area contributed by atoms with Crippen molar-refractivity contribution in [3.63, 3.8) is 0 Å². The van der Waals surface area contributed by atoms with Gasteiger partial charge in [0.05, 0.1) is 5.52 Å². The molecule has 0 amide bonds. The van der Waals surface area contributed by atoms with Gasteiger partial charge in [0.15, 0.2) is 0 Å². The summed E-state index contributed by atoms with van der Waals surface area (Å²) in [6.07, 6.45) is 2.10. The van der Waals surface area contributed by atoms with Gasteiger partial charge >= 0.3 is 0 Å². The third kappa shape index (κ3) is 1.35. The molecule has 0 saturated heterocycles. The summed E-state index contributed by atoms with van der Waals surface area (Å²) in [7, 11) is 1.70. The van der Waals surface area contributed by atoms with Crippen LogP contribution in [0.3, 0.4) is 0 Å². The summed E-state index contributed by atoms with van der Waals surface area (Å²) in [5, 5.41) is 1.32. The Bertz CT molecular complexity index is 408. The summed E-state index contributed by atoms with van der Waals surface area (Å²) in [4.78, 5) is 0. The molecule has 0 atom stereocenters. The average Bonchev–Trinajstić information content (AvgIpc) is 2.46. The average molecular weight is 289 g/mol. The van der Waals surface area contributed by atoms with E-state index in [0.717, 1.165) is 0 Å². The SMILES string of the molecule is Cc1ccc2c(ccn2SI)c1. The highest BCUT2D eigenvalue weighted by Crippen LogP contribution is 2.25. The van der Waals surface area contributed by atoms with Crippen molar-refractivity contribution in [2.24, 2.45) is 0 Å². The molecule has 0 bridgehead atoms. The monoisotopic (exact) mass is 289 g/mol. The first-order valence-corrected chi connectivity index (χ1v) is 6.99. The predicted molar refractivity (Wildman–Crippen MR) is 63.7 cm³/mol. The first-order chi connectivity index (χ1) is 5.81. The van der Waals surface area contributed by atoms with Crippen molar-refractivity contribution in [1.82, 2.24) is 3.97 Å². The Morgan fingerprint density at radius 2 is 2.17 bits per heavy atom. The van der Waals surface area contributed by atoms with Crippen molar-refractivity contribution < 1.29 is 0 Å². The topological polar surface area (TPSA) is 4.93 Å². The van der Waals surface area contributed by atoms with Gasteiger partial charge in [0, 0.05) is 41.9 Å². The van der Waals surface area contributed by atoms with Crippen molar-refractivity contribution >= 4 is 41.2 Å². The van der Waals surface area contributed by atoms with Gasteiger partial charge in [0.1, 0.15) is 0 Å². The fourth-order valence-electron chi connectivity index (χ4n) is 1.30. The van der Waals surface area contributed by atoms with Gasteiger partial charge in [-0.1, -0.05) is 11.6 Å². The molecule has 3 heteroatoms. The Labute approximate surface area is 87.9 Å². The van der Waals surface area contributed by atoms with Gasteiger partial charge in [-0.05, 0) is 25.1 Å². The van der Waals surface area contributed by atoms with Crippen LogP contribution >= 0.6 is 30.3 Å². The zero-order valence-electron chi connectivity index (χ0n) is 6.62. The van der Waals surface area contributed by atoms with Crippen molar-refractivity contribution in [2.75, 3.05) is 0 Å². The van der Waals surface area contributed by atoms with E-state index in [1.54, 1.807) is 9.12 Å². The molecule has 2 rings (SSSR count). The van der Waals surface area contributed by atoms with Crippen LogP contribution in [0.4, 0.5) is 0 Å². The second kappa shape index (κ2) is 3.30. The van der Waals surface area contributed by atoms with E-state index in [-0.39, 0.29) is 0 Å². The molecule has 1 aromatic heterocycles. The molecular weight excluding hydrogens is 281 g/mol. The van der Waals surface area contributed by atoms with Crippen molar-refractivity contribution in [3.8, 4) is 0 Å². The molecule has 1 aromatic carbocycles. The van der Waals surface area contributed by atoms with Crippen molar-refractivity contribution in [2.45, 2.75) is 6.92 Å². The lowest BCUT2D eigenvalue weighted by Gasteiger charge is -1.97. The van der Waals surface area contributed by atoms with Crippen LogP contribution in [0.15, 0.2) is 30.5 Å². The summed E-state index contributed by atoms with van der Waals surface area (Å²) >= 11 is 2.29. The Kier molecular flexibility index (Phi) is 2.32. The van der Waals surface area contributed by atoms with Crippen LogP contribution in [0.5, 0.6) is 0 Å². The van der Waals surface area contributed by atoms with E-state index >= 15 is 0 Å². The highest BCUT2D eigenvalue weighted by molar-refractivity contribution is 14.2. The van der Waals surface area contributed by atoms with Crippen molar-refractivity contribution in [3.05, 3.63) is 36.0 Å². The molecule has 1 heterocycles. The van der Waals surface area contributed by atoms with Crippen LogP contribution in [0, 0.1) is 6.92 Å². The van der Waals surface area contributed by atoms with Crippen LogP contribution in [0.25, 0.3) is 10.9 Å². The largest absolute Gasteiger partial charge is 0.283 e. The quantitative estimate of drug-likeness (QED) is 0.723. The number of fused-ring (bicyclic) bond motifs is 1. The molecule has 0 aliphatic heterocycles. The normalized spacial score (nSPS) is 10.8. The molecule has 0 radical (unpaired) electrons. The van der Waals surface area contributed by atoms with Gasteiger partial charge in [-0.15, -0.1) is 0 Å². The van der Waals surface area contributed by atoms with Crippen LogP contribution in [0.1, 0.15) is 5.56 Å². The van der Waals surface area contributed by atoms with E-state index in [2.05, 4.69) is 62.6 Å². The highest BCUT2D eigenvalue weighted by atomic mass is 127. The summed E-state index contributed by atoms with van der Waals surface area (Å²) in [6, 6.07) is 8.66. The Morgan fingerprint density at radius 1 is 1.33 bits per heavy atom. The maximum Gasteiger partial charge on any atom is 0.0598 e. The molecule has 2 aromatic rings. The number of benzene rings is 1.